The van der Waals surface area contributed by atoms with Crippen molar-refractivity contribution in [1.29, 1.82) is 0 Å². The zero-order chi connectivity index (χ0) is 13.5. The number of nitrogens with zero attached hydrogens (tertiary/aromatic N) is 1. The number of likely N-dealkylation sites (tertiary alicyclic amines) is 1. The molecule has 3 atom stereocenters. The zero-order valence-corrected chi connectivity index (χ0v) is 11.8. The molecule has 1 aliphatic heterocycles. The summed E-state index contributed by atoms with van der Waals surface area (Å²) >= 11 is 0. The normalized spacial score (nSPS) is 30.6. The predicted molar refractivity (Wildman–Crippen MR) is 69.9 cm³/mol. The van der Waals surface area contributed by atoms with E-state index in [0.717, 1.165) is 19.3 Å². The SMILES string of the molecule is CCC(CCCN1C(=O)C2C(C1=O)C2(C)C)NC. The first-order valence-corrected chi connectivity index (χ1v) is 6.97. The van der Waals surface area contributed by atoms with Crippen molar-refractivity contribution in [3.63, 3.8) is 0 Å². The first-order valence-electron chi connectivity index (χ1n) is 6.97. The fourth-order valence-electron chi connectivity index (χ4n) is 3.27. The van der Waals surface area contributed by atoms with Crippen molar-refractivity contribution in [2.45, 2.75) is 46.1 Å². The lowest BCUT2D eigenvalue weighted by molar-refractivity contribution is -0.143. The molecule has 2 amide bonds. The first kappa shape index (κ1) is 13.5. The molecule has 1 saturated heterocycles. The van der Waals surface area contributed by atoms with E-state index in [9.17, 15) is 9.59 Å². The smallest absolute Gasteiger partial charge is 0.233 e. The van der Waals surface area contributed by atoms with Gasteiger partial charge < -0.3 is 5.32 Å². The van der Waals surface area contributed by atoms with Crippen molar-refractivity contribution in [3.05, 3.63) is 0 Å². The lowest BCUT2D eigenvalue weighted by Gasteiger charge is -2.21. The van der Waals surface area contributed by atoms with Crippen LogP contribution in [0, 0.1) is 17.3 Å². The zero-order valence-electron chi connectivity index (χ0n) is 11.8. The Kier molecular flexibility index (Phi) is 3.49. The molecule has 2 fully saturated rings. The molecular formula is C14H24N2O2. The van der Waals surface area contributed by atoms with Crippen LogP contribution < -0.4 is 5.32 Å². The summed E-state index contributed by atoms with van der Waals surface area (Å²) in [4.78, 5) is 25.6. The molecule has 2 rings (SSSR count). The minimum atomic E-state index is -0.0818. The number of rotatable bonds is 6. The van der Waals surface area contributed by atoms with Crippen LogP contribution in [0.3, 0.4) is 0 Å². The minimum Gasteiger partial charge on any atom is -0.317 e. The number of fused-ring (bicyclic) bond motifs is 1. The highest BCUT2D eigenvalue weighted by atomic mass is 16.2. The second-order valence-corrected chi connectivity index (χ2v) is 6.14. The molecule has 102 valence electrons. The maximum absolute atomic E-state index is 12.1. The van der Waals surface area contributed by atoms with Crippen LogP contribution >= 0.6 is 0 Å². The molecule has 0 bridgehead atoms. The average molecular weight is 252 g/mol. The molecule has 2 aliphatic rings. The molecule has 4 nitrogen and oxygen atoms in total. The maximum atomic E-state index is 12.1. The van der Waals surface area contributed by atoms with Gasteiger partial charge in [0.25, 0.3) is 0 Å². The topological polar surface area (TPSA) is 49.4 Å². The summed E-state index contributed by atoms with van der Waals surface area (Å²) in [6, 6.07) is 0.490. The number of nitrogens with one attached hydrogen (secondary N) is 1. The van der Waals surface area contributed by atoms with Gasteiger partial charge in [-0.15, -0.1) is 0 Å². The number of piperidine rings is 1. The van der Waals surface area contributed by atoms with Gasteiger partial charge >= 0.3 is 0 Å². The maximum Gasteiger partial charge on any atom is 0.233 e. The molecule has 0 radical (unpaired) electrons. The molecule has 0 aromatic rings. The van der Waals surface area contributed by atoms with Crippen LogP contribution in [0.15, 0.2) is 0 Å². The summed E-state index contributed by atoms with van der Waals surface area (Å²) in [7, 11) is 1.96. The van der Waals surface area contributed by atoms with E-state index in [2.05, 4.69) is 12.2 Å². The monoisotopic (exact) mass is 252 g/mol. The van der Waals surface area contributed by atoms with Crippen LogP contribution in [0.1, 0.15) is 40.0 Å². The average Bonchev–Trinajstić information content (AvgIpc) is 2.80. The number of carbonyl (C=O) groups excluding carboxylic acids is 2. The highest BCUT2D eigenvalue weighted by molar-refractivity contribution is 6.10. The lowest BCUT2D eigenvalue weighted by Crippen LogP contribution is -2.37. The van der Waals surface area contributed by atoms with Crippen molar-refractivity contribution in [1.82, 2.24) is 10.2 Å². The number of amides is 2. The van der Waals surface area contributed by atoms with Crippen LogP contribution in [0.4, 0.5) is 0 Å². The van der Waals surface area contributed by atoms with Gasteiger partial charge in [0.1, 0.15) is 0 Å². The lowest BCUT2D eigenvalue weighted by atomic mass is 10.0. The Hall–Kier alpha value is -0.900. The molecular weight excluding hydrogens is 228 g/mol. The number of hydrogen-bond acceptors (Lipinski definition) is 3. The standard InChI is InChI=1S/C14H24N2O2/c1-5-9(15-4)7-6-8-16-12(17)10-11(13(16)18)14(10,2)3/h9-11,15H,5-8H2,1-4H3. The molecule has 0 aromatic carbocycles. The highest BCUT2D eigenvalue weighted by Crippen LogP contribution is 2.63. The summed E-state index contributed by atoms with van der Waals surface area (Å²) in [5.74, 6) is 0.0626. The number of hydrogen-bond donors (Lipinski definition) is 1. The van der Waals surface area contributed by atoms with Gasteiger partial charge in [-0.25, -0.2) is 0 Å². The van der Waals surface area contributed by atoms with Gasteiger partial charge in [-0.1, -0.05) is 20.8 Å². The third-order valence-electron chi connectivity index (χ3n) is 4.73. The van der Waals surface area contributed by atoms with E-state index in [1.165, 1.54) is 4.90 Å². The Morgan fingerprint density at radius 2 is 1.83 bits per heavy atom. The van der Waals surface area contributed by atoms with Gasteiger partial charge in [-0.3, -0.25) is 14.5 Å². The fraction of sp³-hybridized carbons (Fsp3) is 0.857. The van der Waals surface area contributed by atoms with Gasteiger partial charge in [0.2, 0.25) is 11.8 Å². The van der Waals surface area contributed by atoms with E-state index in [1.54, 1.807) is 0 Å². The molecule has 0 aromatic heterocycles. The van der Waals surface area contributed by atoms with Crippen molar-refractivity contribution in [2.24, 2.45) is 17.3 Å². The van der Waals surface area contributed by atoms with Crippen LogP contribution in [0.2, 0.25) is 0 Å². The second-order valence-electron chi connectivity index (χ2n) is 6.14. The second kappa shape index (κ2) is 4.65. The largest absolute Gasteiger partial charge is 0.317 e. The molecule has 0 spiro atoms. The molecule has 4 heteroatoms. The van der Waals surface area contributed by atoms with Crippen LogP contribution in [-0.2, 0) is 9.59 Å². The molecule has 3 unspecified atom stereocenters. The Morgan fingerprint density at radius 3 is 2.28 bits per heavy atom. The molecule has 1 N–H and O–H groups in total. The Morgan fingerprint density at radius 1 is 1.28 bits per heavy atom. The Labute approximate surface area is 109 Å². The van der Waals surface area contributed by atoms with E-state index in [4.69, 9.17) is 0 Å². The quantitative estimate of drug-likeness (QED) is 0.727. The van der Waals surface area contributed by atoms with Gasteiger partial charge in [0, 0.05) is 12.6 Å². The van der Waals surface area contributed by atoms with Crippen LogP contribution in [-0.4, -0.2) is 36.3 Å². The third-order valence-corrected chi connectivity index (χ3v) is 4.73. The van der Waals surface area contributed by atoms with Crippen molar-refractivity contribution < 1.29 is 9.59 Å². The van der Waals surface area contributed by atoms with Crippen molar-refractivity contribution in [3.8, 4) is 0 Å². The summed E-state index contributed by atoms with van der Waals surface area (Å²) in [6.45, 7) is 6.77. The fourth-order valence-corrected chi connectivity index (χ4v) is 3.27. The van der Waals surface area contributed by atoms with Crippen LogP contribution in [0.25, 0.3) is 0 Å². The first-order chi connectivity index (χ1) is 8.45. The van der Waals surface area contributed by atoms with E-state index >= 15 is 0 Å². The van der Waals surface area contributed by atoms with Crippen LogP contribution in [0.5, 0.6) is 0 Å². The molecule has 18 heavy (non-hydrogen) atoms. The summed E-state index contributed by atoms with van der Waals surface area (Å²) < 4.78 is 0. The predicted octanol–water partition coefficient (Wildman–Crippen LogP) is 1.41. The molecule has 1 saturated carbocycles. The van der Waals surface area contributed by atoms with Gasteiger partial charge in [-0.05, 0) is 31.7 Å². The van der Waals surface area contributed by atoms with Gasteiger partial charge in [0.05, 0.1) is 11.8 Å². The molecule has 1 aliphatic carbocycles. The minimum absolute atomic E-state index is 0.0312. The number of imide groups is 1. The van der Waals surface area contributed by atoms with Gasteiger partial charge in [-0.2, -0.15) is 0 Å². The summed E-state index contributed by atoms with van der Waals surface area (Å²) in [5.41, 5.74) is -0.0818. The summed E-state index contributed by atoms with van der Waals surface area (Å²) in [6.07, 6.45) is 3.00. The van der Waals surface area contributed by atoms with E-state index < -0.39 is 0 Å². The number of carbonyl (C=O) groups is 2. The van der Waals surface area contributed by atoms with Crippen molar-refractivity contribution >= 4 is 11.8 Å². The van der Waals surface area contributed by atoms with E-state index in [-0.39, 0.29) is 29.1 Å². The van der Waals surface area contributed by atoms with E-state index in [1.807, 2.05) is 20.9 Å². The highest BCUT2D eigenvalue weighted by Gasteiger charge is 2.72. The van der Waals surface area contributed by atoms with E-state index in [0.29, 0.717) is 12.6 Å². The molecule has 1 heterocycles. The summed E-state index contributed by atoms with van der Waals surface area (Å²) in [5, 5.41) is 3.24. The van der Waals surface area contributed by atoms with Crippen molar-refractivity contribution in [2.75, 3.05) is 13.6 Å². The third kappa shape index (κ3) is 1.96. The Balaban J connectivity index is 1.83. The Bertz CT molecular complexity index is 337. The van der Waals surface area contributed by atoms with Gasteiger partial charge in [0.15, 0.2) is 0 Å².